The minimum Gasteiger partial charge on any atom is -0.480 e. The van der Waals surface area contributed by atoms with Gasteiger partial charge in [-0.05, 0) is 5.92 Å². The lowest BCUT2D eigenvalue weighted by Gasteiger charge is -2.16. The van der Waals surface area contributed by atoms with Crippen LogP contribution in [0.15, 0.2) is 0 Å². The van der Waals surface area contributed by atoms with E-state index in [0.29, 0.717) is 0 Å². The molecule has 5 nitrogen and oxygen atoms in total. The molecule has 0 saturated carbocycles. The fourth-order valence-electron chi connectivity index (χ4n) is 1.18. The highest BCUT2D eigenvalue weighted by molar-refractivity contribution is 7.92. The van der Waals surface area contributed by atoms with E-state index in [4.69, 9.17) is 5.11 Å². The Labute approximate surface area is 84.0 Å². The SMILES string of the molecule is COCCS(=O)(=O)C(C(=O)O)C(C)C. The summed E-state index contributed by atoms with van der Waals surface area (Å²) in [5.41, 5.74) is 0. The van der Waals surface area contributed by atoms with Crippen LogP contribution in [0.2, 0.25) is 0 Å². The van der Waals surface area contributed by atoms with Crippen LogP contribution in [-0.2, 0) is 19.4 Å². The monoisotopic (exact) mass is 224 g/mol. The summed E-state index contributed by atoms with van der Waals surface area (Å²) in [5, 5.41) is 7.42. The summed E-state index contributed by atoms with van der Waals surface area (Å²) in [6.45, 7) is 3.17. The Morgan fingerprint density at radius 2 is 1.93 bits per heavy atom. The van der Waals surface area contributed by atoms with E-state index >= 15 is 0 Å². The van der Waals surface area contributed by atoms with Gasteiger partial charge in [0, 0.05) is 7.11 Å². The Hall–Kier alpha value is -0.620. The van der Waals surface area contributed by atoms with Gasteiger partial charge in [-0.3, -0.25) is 4.79 Å². The van der Waals surface area contributed by atoms with Gasteiger partial charge in [0.25, 0.3) is 0 Å². The third kappa shape index (κ3) is 3.63. The summed E-state index contributed by atoms with van der Waals surface area (Å²) < 4.78 is 27.6. The van der Waals surface area contributed by atoms with E-state index in [0.717, 1.165) is 0 Å². The zero-order chi connectivity index (χ0) is 11.4. The van der Waals surface area contributed by atoms with Crippen molar-refractivity contribution < 1.29 is 23.1 Å². The van der Waals surface area contributed by atoms with Crippen molar-refractivity contribution in [3.05, 3.63) is 0 Å². The standard InChI is InChI=1S/C8H16O5S/c1-6(2)7(8(9)10)14(11,12)5-4-13-3/h6-7H,4-5H2,1-3H3,(H,9,10). The molecule has 0 radical (unpaired) electrons. The lowest BCUT2D eigenvalue weighted by molar-refractivity contribution is -0.137. The summed E-state index contributed by atoms with van der Waals surface area (Å²) in [7, 11) is -2.23. The average molecular weight is 224 g/mol. The van der Waals surface area contributed by atoms with Crippen LogP contribution in [0.25, 0.3) is 0 Å². The Balaban J connectivity index is 4.74. The quantitative estimate of drug-likeness (QED) is 0.695. The molecule has 0 amide bonds. The molecular formula is C8H16O5S. The van der Waals surface area contributed by atoms with Crippen LogP contribution >= 0.6 is 0 Å². The van der Waals surface area contributed by atoms with E-state index < -0.39 is 27.0 Å². The van der Waals surface area contributed by atoms with Gasteiger partial charge in [-0.1, -0.05) is 13.8 Å². The number of hydrogen-bond donors (Lipinski definition) is 1. The first-order valence-corrected chi connectivity index (χ1v) is 5.97. The van der Waals surface area contributed by atoms with Crippen molar-refractivity contribution in [2.24, 2.45) is 5.92 Å². The first-order chi connectivity index (χ1) is 6.33. The first kappa shape index (κ1) is 13.4. The summed E-state index contributed by atoms with van der Waals surface area (Å²) in [4.78, 5) is 10.7. The van der Waals surface area contributed by atoms with Crippen molar-refractivity contribution >= 4 is 15.8 Å². The van der Waals surface area contributed by atoms with E-state index in [1.807, 2.05) is 0 Å². The molecule has 0 aliphatic heterocycles. The molecule has 0 heterocycles. The number of carboxylic acid groups (broad SMARTS) is 1. The van der Waals surface area contributed by atoms with Crippen molar-refractivity contribution in [2.45, 2.75) is 19.1 Å². The predicted octanol–water partition coefficient (Wildman–Crippen LogP) is 0.157. The molecule has 0 fully saturated rings. The maximum atomic E-state index is 11.5. The molecule has 1 N–H and O–H groups in total. The molecule has 0 aromatic rings. The molecule has 0 aliphatic rings. The molecule has 0 aromatic carbocycles. The Morgan fingerprint density at radius 3 is 2.21 bits per heavy atom. The van der Waals surface area contributed by atoms with Crippen LogP contribution in [0, 0.1) is 5.92 Å². The van der Waals surface area contributed by atoms with Gasteiger partial charge >= 0.3 is 5.97 Å². The Kier molecular flexibility index (Phi) is 5.07. The van der Waals surface area contributed by atoms with E-state index in [1.165, 1.54) is 7.11 Å². The third-order valence-electron chi connectivity index (χ3n) is 1.81. The van der Waals surface area contributed by atoms with Gasteiger partial charge in [0.15, 0.2) is 15.1 Å². The highest BCUT2D eigenvalue weighted by Crippen LogP contribution is 2.13. The molecule has 84 valence electrons. The molecule has 6 heteroatoms. The van der Waals surface area contributed by atoms with Gasteiger partial charge in [-0.2, -0.15) is 0 Å². The molecule has 0 rings (SSSR count). The number of methoxy groups -OCH3 is 1. The van der Waals surface area contributed by atoms with Crippen LogP contribution in [0.3, 0.4) is 0 Å². The molecule has 0 spiro atoms. The molecule has 1 atom stereocenters. The lowest BCUT2D eigenvalue weighted by atomic mass is 10.1. The van der Waals surface area contributed by atoms with Gasteiger partial charge in [0.2, 0.25) is 0 Å². The predicted molar refractivity (Wildman–Crippen MR) is 51.9 cm³/mol. The molecular weight excluding hydrogens is 208 g/mol. The van der Waals surface area contributed by atoms with Crippen LogP contribution in [0.1, 0.15) is 13.8 Å². The summed E-state index contributed by atoms with van der Waals surface area (Å²) in [6.07, 6.45) is 0. The van der Waals surface area contributed by atoms with Crippen molar-refractivity contribution in [1.29, 1.82) is 0 Å². The number of carbonyl (C=O) groups is 1. The van der Waals surface area contributed by atoms with Crippen LogP contribution < -0.4 is 0 Å². The first-order valence-electron chi connectivity index (χ1n) is 4.26. The summed E-state index contributed by atoms with van der Waals surface area (Å²) in [5.74, 6) is -1.98. The minimum absolute atomic E-state index is 0.0266. The summed E-state index contributed by atoms with van der Waals surface area (Å²) in [6, 6.07) is 0. The van der Waals surface area contributed by atoms with Crippen molar-refractivity contribution in [1.82, 2.24) is 0 Å². The van der Waals surface area contributed by atoms with E-state index in [2.05, 4.69) is 4.74 Å². The number of ether oxygens (including phenoxy) is 1. The molecule has 0 saturated heterocycles. The minimum atomic E-state index is -3.61. The highest BCUT2D eigenvalue weighted by atomic mass is 32.2. The van der Waals surface area contributed by atoms with Crippen molar-refractivity contribution in [2.75, 3.05) is 19.5 Å². The molecule has 1 unspecified atom stereocenters. The van der Waals surface area contributed by atoms with E-state index in [-0.39, 0.29) is 12.4 Å². The van der Waals surface area contributed by atoms with Gasteiger partial charge in [0.1, 0.15) is 0 Å². The molecule has 0 bridgehead atoms. The van der Waals surface area contributed by atoms with Crippen LogP contribution in [0.5, 0.6) is 0 Å². The fraction of sp³-hybridized carbons (Fsp3) is 0.875. The Morgan fingerprint density at radius 1 is 1.43 bits per heavy atom. The topological polar surface area (TPSA) is 80.7 Å². The fourth-order valence-corrected chi connectivity index (χ4v) is 2.97. The van der Waals surface area contributed by atoms with Gasteiger partial charge in [-0.15, -0.1) is 0 Å². The zero-order valence-electron chi connectivity index (χ0n) is 8.56. The normalized spacial score (nSPS) is 14.3. The van der Waals surface area contributed by atoms with Crippen molar-refractivity contribution in [3.8, 4) is 0 Å². The molecule has 0 aliphatic carbocycles. The van der Waals surface area contributed by atoms with E-state index in [9.17, 15) is 13.2 Å². The average Bonchev–Trinajstić information content (AvgIpc) is 1.98. The second-order valence-corrected chi connectivity index (χ2v) is 5.60. The van der Waals surface area contributed by atoms with E-state index in [1.54, 1.807) is 13.8 Å². The maximum absolute atomic E-state index is 11.5. The number of aliphatic carboxylic acids is 1. The van der Waals surface area contributed by atoms with Crippen molar-refractivity contribution in [3.63, 3.8) is 0 Å². The number of sulfone groups is 1. The zero-order valence-corrected chi connectivity index (χ0v) is 9.37. The van der Waals surface area contributed by atoms with Gasteiger partial charge in [-0.25, -0.2) is 8.42 Å². The Bertz CT molecular complexity index is 280. The number of rotatable bonds is 6. The smallest absolute Gasteiger partial charge is 0.322 e. The summed E-state index contributed by atoms with van der Waals surface area (Å²) >= 11 is 0. The van der Waals surface area contributed by atoms with Gasteiger partial charge in [0.05, 0.1) is 12.4 Å². The second kappa shape index (κ2) is 5.31. The third-order valence-corrected chi connectivity index (χ3v) is 4.06. The number of hydrogen-bond acceptors (Lipinski definition) is 4. The lowest BCUT2D eigenvalue weighted by Crippen LogP contribution is -2.37. The van der Waals surface area contributed by atoms with Crippen LogP contribution in [0.4, 0.5) is 0 Å². The second-order valence-electron chi connectivity index (χ2n) is 3.36. The van der Waals surface area contributed by atoms with Crippen LogP contribution in [-0.4, -0.2) is 44.2 Å². The molecule has 14 heavy (non-hydrogen) atoms. The number of carboxylic acids is 1. The highest BCUT2D eigenvalue weighted by Gasteiger charge is 2.34. The largest absolute Gasteiger partial charge is 0.480 e. The van der Waals surface area contributed by atoms with Gasteiger partial charge < -0.3 is 9.84 Å². The maximum Gasteiger partial charge on any atom is 0.322 e. The molecule has 0 aromatic heterocycles.